The fraction of sp³-hybridized carbons (Fsp3) is 0.241. The molecule has 0 aliphatic heterocycles. The van der Waals surface area contributed by atoms with Crippen LogP contribution in [0.25, 0.3) is 44.5 Å². The maximum Gasteiger partial charge on any atom is 0.227 e. The quantitative estimate of drug-likeness (QED) is 0.276. The number of fused-ring (bicyclic) bond motifs is 6. The van der Waals surface area contributed by atoms with Crippen LogP contribution >= 0.6 is 0 Å². The fourth-order valence-corrected chi connectivity index (χ4v) is 4.74. The van der Waals surface area contributed by atoms with Gasteiger partial charge in [0.2, 0.25) is 11.4 Å². The molecule has 3 nitrogen and oxygen atoms in total. The van der Waals surface area contributed by atoms with Crippen LogP contribution in [-0.4, -0.2) is 4.98 Å². The normalized spacial score (nSPS) is 21.3. The molecule has 3 heteroatoms. The van der Waals surface area contributed by atoms with E-state index in [1.165, 1.54) is 22.9 Å². The second-order valence-corrected chi connectivity index (χ2v) is 8.37. The van der Waals surface area contributed by atoms with Gasteiger partial charge in [0.25, 0.3) is 0 Å². The Hall–Kier alpha value is -3.46. The van der Waals surface area contributed by atoms with Crippen molar-refractivity contribution in [3.63, 3.8) is 0 Å². The molecule has 0 fully saturated rings. The maximum absolute atomic E-state index is 8.45. The van der Waals surface area contributed by atoms with E-state index < -0.39 is 32.8 Å². The molecule has 0 atom stereocenters. The summed E-state index contributed by atoms with van der Waals surface area (Å²) in [6.07, 6.45) is 1.29. The average molecular weight is 432 g/mol. The van der Waals surface area contributed by atoms with Gasteiger partial charge in [-0.2, -0.15) is 0 Å². The molecule has 0 amide bonds. The summed E-state index contributed by atoms with van der Waals surface area (Å²) >= 11 is 0. The van der Waals surface area contributed by atoms with Crippen LogP contribution in [0.5, 0.6) is 0 Å². The highest BCUT2D eigenvalue weighted by molar-refractivity contribution is 6.10. The topological polar surface area (TPSA) is 29.9 Å². The third kappa shape index (κ3) is 2.42. The van der Waals surface area contributed by atoms with Crippen LogP contribution in [-0.2, 0) is 12.5 Å². The minimum atomic E-state index is -2.99. The molecule has 3 heterocycles. The molecule has 1 aliphatic carbocycles. The number of rotatable bonds is 1. The third-order valence-corrected chi connectivity index (χ3v) is 6.35. The molecule has 0 spiro atoms. The molecule has 0 unspecified atom stereocenters. The molecule has 1 aliphatic rings. The maximum atomic E-state index is 8.45. The van der Waals surface area contributed by atoms with E-state index in [1.54, 1.807) is 44.3 Å². The van der Waals surface area contributed by atoms with Gasteiger partial charge in [-0.25, -0.2) is 9.55 Å². The number of benzene rings is 2. The molecule has 32 heavy (non-hydrogen) atoms. The summed E-state index contributed by atoms with van der Waals surface area (Å²) in [5, 5.41) is 1.10. The fourth-order valence-electron chi connectivity index (χ4n) is 4.74. The molecule has 5 aromatic rings. The molecule has 0 radical (unpaired) electrons. The largest absolute Gasteiger partial charge is 0.437 e. The zero-order valence-electron chi connectivity index (χ0n) is 29.5. The van der Waals surface area contributed by atoms with Crippen molar-refractivity contribution < 1.29 is 25.4 Å². The Bertz CT molecular complexity index is 1980. The number of hydrogen-bond donors (Lipinski definition) is 0. The van der Waals surface area contributed by atoms with E-state index in [9.17, 15) is 0 Å². The average Bonchev–Trinajstić information content (AvgIpc) is 3.39. The van der Waals surface area contributed by atoms with Crippen LogP contribution < -0.4 is 4.57 Å². The second kappa shape index (κ2) is 6.29. The SMILES string of the molecule is [2H]C([2H])([2H])c1cc(-c2c(C)ccc3c2oc2nc4c(cc23)-c2ccccc2C4(C([2H])([2H])[2H])C([2H])([2H])[2H])[n+](C)cc1C([2H])([2H])[2H]. The highest BCUT2D eigenvalue weighted by Crippen LogP contribution is 2.49. The Labute approximate surface area is 205 Å². The van der Waals surface area contributed by atoms with Crippen molar-refractivity contribution in [2.75, 3.05) is 0 Å². The van der Waals surface area contributed by atoms with Gasteiger partial charge in [-0.3, -0.25) is 0 Å². The lowest BCUT2D eigenvalue weighted by Crippen LogP contribution is -2.31. The number of nitrogens with zero attached hydrogens (tertiary/aromatic N) is 2. The molecule has 3 aromatic heterocycles. The monoisotopic (exact) mass is 431 g/mol. The van der Waals surface area contributed by atoms with E-state index in [4.69, 9.17) is 20.9 Å². The first-order valence-corrected chi connectivity index (χ1v) is 10.2. The number of aryl methyl sites for hydroxylation is 4. The molecule has 2 aromatic carbocycles. The van der Waals surface area contributed by atoms with Gasteiger partial charge >= 0.3 is 0 Å². The first kappa shape index (κ1) is 10.4. The molecular formula is C29H27N2O+. The Balaban J connectivity index is 1.71. The van der Waals surface area contributed by atoms with Crippen LogP contribution in [0, 0.1) is 20.6 Å². The lowest BCUT2D eigenvalue weighted by Gasteiger charge is -2.19. The molecule has 0 saturated carbocycles. The number of aromatic nitrogens is 2. The van der Waals surface area contributed by atoms with Crippen LogP contribution in [0.15, 0.2) is 59.1 Å². The summed E-state index contributed by atoms with van der Waals surface area (Å²) in [7, 11) is 1.61. The zero-order chi connectivity index (χ0) is 32.4. The first-order chi connectivity index (χ1) is 20.2. The summed E-state index contributed by atoms with van der Waals surface area (Å²) in [4.78, 5) is 4.63. The van der Waals surface area contributed by atoms with Crippen molar-refractivity contribution in [1.29, 1.82) is 0 Å². The van der Waals surface area contributed by atoms with Crippen LogP contribution in [0.1, 0.15) is 58.1 Å². The summed E-state index contributed by atoms with van der Waals surface area (Å²) < 4.78 is 106. The standard InChI is InChI=1S/C29H27N2O/c1-16-11-12-20-22-14-21-19-9-7-8-10-23(19)29(4,5)27(21)30-28(22)32-26(20)25(16)24-13-17(2)18(3)15-31(24)6/h7-15H,1-6H3/q+1/i2D3,3D3,4D3,5D3. The Morgan fingerprint density at radius 1 is 0.938 bits per heavy atom. The second-order valence-electron chi connectivity index (χ2n) is 8.37. The zero-order valence-corrected chi connectivity index (χ0v) is 17.5. The van der Waals surface area contributed by atoms with Crippen LogP contribution in [0.2, 0.25) is 0 Å². The van der Waals surface area contributed by atoms with Gasteiger partial charge in [0, 0.05) is 49.8 Å². The van der Waals surface area contributed by atoms with E-state index >= 15 is 0 Å². The van der Waals surface area contributed by atoms with Gasteiger partial charge in [0.15, 0.2) is 11.8 Å². The lowest BCUT2D eigenvalue weighted by atomic mass is 9.85. The number of hydrogen-bond acceptors (Lipinski definition) is 2. The lowest BCUT2D eigenvalue weighted by molar-refractivity contribution is -0.660. The molecule has 0 bridgehead atoms. The predicted octanol–water partition coefficient (Wildman–Crippen LogP) is 6.70. The van der Waals surface area contributed by atoms with Gasteiger partial charge in [-0.15, -0.1) is 0 Å². The molecule has 6 rings (SSSR count). The van der Waals surface area contributed by atoms with E-state index in [-0.39, 0.29) is 28.1 Å². The van der Waals surface area contributed by atoms with Crippen molar-refractivity contribution in [2.24, 2.45) is 7.05 Å². The van der Waals surface area contributed by atoms with E-state index in [2.05, 4.69) is 4.98 Å². The van der Waals surface area contributed by atoms with Gasteiger partial charge in [-0.05, 0) is 48.9 Å². The summed E-state index contributed by atoms with van der Waals surface area (Å²) in [6.45, 7) is -9.56. The van der Waals surface area contributed by atoms with Gasteiger partial charge < -0.3 is 4.42 Å². The van der Waals surface area contributed by atoms with Crippen LogP contribution in [0.4, 0.5) is 0 Å². The van der Waals surface area contributed by atoms with E-state index in [0.29, 0.717) is 44.3 Å². The molecule has 158 valence electrons. The third-order valence-electron chi connectivity index (χ3n) is 6.35. The summed E-state index contributed by atoms with van der Waals surface area (Å²) in [5.74, 6) is 0. The Kier molecular flexibility index (Phi) is 2.05. The Morgan fingerprint density at radius 3 is 2.59 bits per heavy atom. The van der Waals surface area contributed by atoms with Crippen molar-refractivity contribution in [2.45, 2.75) is 39.7 Å². The van der Waals surface area contributed by atoms with Crippen molar-refractivity contribution in [1.82, 2.24) is 4.98 Å². The highest BCUT2D eigenvalue weighted by atomic mass is 16.3. The van der Waals surface area contributed by atoms with Gasteiger partial charge in [0.05, 0.1) is 11.3 Å². The van der Waals surface area contributed by atoms with Crippen molar-refractivity contribution in [3.05, 3.63) is 82.7 Å². The van der Waals surface area contributed by atoms with Crippen molar-refractivity contribution >= 4 is 22.1 Å². The number of furan rings is 1. The highest BCUT2D eigenvalue weighted by Gasteiger charge is 2.37. The first-order valence-electron chi connectivity index (χ1n) is 16.2. The minimum Gasteiger partial charge on any atom is -0.437 e. The van der Waals surface area contributed by atoms with Gasteiger partial charge in [-0.1, -0.05) is 50.1 Å². The molecule has 0 saturated heterocycles. The molecule has 0 N–H and O–H groups in total. The minimum absolute atomic E-state index is 0.0223. The van der Waals surface area contributed by atoms with Gasteiger partial charge in [0.1, 0.15) is 7.05 Å². The van der Waals surface area contributed by atoms with Crippen LogP contribution in [0.3, 0.4) is 0 Å². The predicted molar refractivity (Wildman–Crippen MR) is 130 cm³/mol. The van der Waals surface area contributed by atoms with E-state index in [1.807, 2.05) is 6.07 Å². The summed E-state index contributed by atoms with van der Waals surface area (Å²) in [5.41, 5.74) is -0.245. The van der Waals surface area contributed by atoms with Crippen molar-refractivity contribution in [3.8, 4) is 22.4 Å². The van der Waals surface area contributed by atoms with E-state index in [0.717, 1.165) is 0 Å². The Morgan fingerprint density at radius 2 is 1.78 bits per heavy atom. The molecular weight excluding hydrogens is 392 g/mol. The summed E-state index contributed by atoms with van der Waals surface area (Å²) in [6, 6.07) is 13.2. The smallest absolute Gasteiger partial charge is 0.227 e. The number of pyridine rings is 2.